The van der Waals surface area contributed by atoms with E-state index in [2.05, 4.69) is 0 Å². The second-order valence-corrected chi connectivity index (χ2v) is 5.20. The van der Waals surface area contributed by atoms with Gasteiger partial charge in [-0.3, -0.25) is 4.79 Å². The predicted octanol–water partition coefficient (Wildman–Crippen LogP) is 2.08. The van der Waals surface area contributed by atoms with Crippen LogP contribution in [0.1, 0.15) is 10.4 Å². The van der Waals surface area contributed by atoms with Crippen LogP contribution in [0.15, 0.2) is 29.2 Å². The van der Waals surface area contributed by atoms with E-state index in [0.717, 1.165) is 0 Å². The van der Waals surface area contributed by atoms with E-state index >= 15 is 0 Å². The molecule has 1 aromatic rings. The monoisotopic (exact) mass is 305 g/mol. The van der Waals surface area contributed by atoms with Gasteiger partial charge in [-0.1, -0.05) is 23.9 Å². The minimum Gasteiger partial charge on any atom is -0.389 e. The molecule has 0 saturated carbocycles. The third-order valence-corrected chi connectivity index (χ3v) is 3.31. The van der Waals surface area contributed by atoms with Crippen molar-refractivity contribution in [3.8, 4) is 0 Å². The second kappa shape index (κ2) is 8.18. The number of hydrogen-bond donors (Lipinski definition) is 1. The number of rotatable bonds is 7. The average molecular weight is 305 g/mol. The van der Waals surface area contributed by atoms with Crippen molar-refractivity contribution in [1.82, 2.24) is 4.90 Å². The lowest BCUT2D eigenvalue weighted by Crippen LogP contribution is -2.36. The van der Waals surface area contributed by atoms with Crippen LogP contribution < -0.4 is 0 Å². The maximum absolute atomic E-state index is 12.5. The molecule has 0 saturated heterocycles. The Bertz CT molecular complexity index is 445. The Kier molecular flexibility index (Phi) is 6.90. The van der Waals surface area contributed by atoms with Gasteiger partial charge in [-0.25, -0.2) is 0 Å². The molecule has 0 aromatic heterocycles. The fraction of sp³-hybridized carbons (Fsp3) is 0.462. The number of likely N-dealkylation sites (N-methyl/N-ethyl adjacent to an activating group) is 1. The molecule has 112 valence electrons. The second-order valence-electron chi connectivity index (χ2n) is 4.17. The fourth-order valence-electron chi connectivity index (χ4n) is 1.69. The van der Waals surface area contributed by atoms with E-state index in [1.54, 1.807) is 12.1 Å². The molecule has 4 nitrogen and oxygen atoms in total. The van der Waals surface area contributed by atoms with Gasteiger partial charge in [-0.2, -0.15) is 8.78 Å². The fourth-order valence-corrected chi connectivity index (χ4v) is 2.32. The Morgan fingerprint density at radius 1 is 1.45 bits per heavy atom. The molecule has 1 unspecified atom stereocenters. The van der Waals surface area contributed by atoms with Gasteiger partial charge in [0.2, 0.25) is 0 Å². The van der Waals surface area contributed by atoms with Crippen molar-refractivity contribution >= 4 is 17.7 Å². The van der Waals surface area contributed by atoms with Gasteiger partial charge < -0.3 is 14.7 Å². The van der Waals surface area contributed by atoms with Gasteiger partial charge in [-0.05, 0) is 12.1 Å². The van der Waals surface area contributed by atoms with Crippen LogP contribution in [-0.2, 0) is 4.74 Å². The lowest BCUT2D eigenvalue weighted by molar-refractivity contribution is 0.0379. The number of halogens is 2. The largest absolute Gasteiger partial charge is 0.389 e. The van der Waals surface area contributed by atoms with Crippen molar-refractivity contribution in [3.05, 3.63) is 29.8 Å². The molecule has 0 aliphatic rings. The van der Waals surface area contributed by atoms with Crippen LogP contribution in [0.4, 0.5) is 8.78 Å². The van der Waals surface area contributed by atoms with Gasteiger partial charge in [0.1, 0.15) is 0 Å². The van der Waals surface area contributed by atoms with E-state index in [1.807, 2.05) is 0 Å². The van der Waals surface area contributed by atoms with E-state index in [0.29, 0.717) is 11.8 Å². The van der Waals surface area contributed by atoms with Crippen LogP contribution >= 0.6 is 11.8 Å². The molecule has 0 radical (unpaired) electrons. The Hall–Kier alpha value is -1.18. The number of carbonyl (C=O) groups is 1. The topological polar surface area (TPSA) is 49.8 Å². The molecule has 0 aliphatic carbocycles. The Labute approximate surface area is 120 Å². The molecule has 0 aliphatic heterocycles. The van der Waals surface area contributed by atoms with Gasteiger partial charge in [0.05, 0.1) is 18.3 Å². The molecule has 1 rings (SSSR count). The number of aliphatic hydroxyl groups excluding tert-OH is 1. The van der Waals surface area contributed by atoms with Crippen LogP contribution in [0.2, 0.25) is 0 Å². The molecule has 0 spiro atoms. The summed E-state index contributed by atoms with van der Waals surface area (Å²) in [5.74, 6) is -3.00. The van der Waals surface area contributed by atoms with Crippen molar-refractivity contribution in [2.75, 3.05) is 27.3 Å². The van der Waals surface area contributed by atoms with Crippen LogP contribution in [0, 0.1) is 0 Å². The first-order valence-corrected chi connectivity index (χ1v) is 6.80. The summed E-state index contributed by atoms with van der Waals surface area (Å²) >= 11 is 0.332. The molecular formula is C13H17F2NO3S. The van der Waals surface area contributed by atoms with E-state index in [1.165, 1.54) is 31.2 Å². The molecule has 1 aromatic carbocycles. The Morgan fingerprint density at radius 2 is 2.10 bits per heavy atom. The van der Waals surface area contributed by atoms with Gasteiger partial charge in [0, 0.05) is 25.6 Å². The first-order valence-electron chi connectivity index (χ1n) is 5.92. The van der Waals surface area contributed by atoms with Gasteiger partial charge >= 0.3 is 0 Å². The number of methoxy groups -OCH3 is 1. The highest BCUT2D eigenvalue weighted by atomic mass is 32.2. The maximum Gasteiger partial charge on any atom is 0.288 e. The lowest BCUT2D eigenvalue weighted by atomic mass is 10.2. The summed E-state index contributed by atoms with van der Waals surface area (Å²) in [5, 5.41) is 9.59. The van der Waals surface area contributed by atoms with E-state index in [4.69, 9.17) is 4.74 Å². The molecule has 1 N–H and O–H groups in total. The maximum atomic E-state index is 12.5. The predicted molar refractivity (Wildman–Crippen MR) is 73.1 cm³/mol. The van der Waals surface area contributed by atoms with E-state index < -0.39 is 17.8 Å². The smallest absolute Gasteiger partial charge is 0.288 e. The Balaban J connectivity index is 2.80. The van der Waals surface area contributed by atoms with Gasteiger partial charge in [0.15, 0.2) is 0 Å². The SMILES string of the molecule is COCC(O)CN(C)C(=O)c1ccccc1SC(F)F. The standard InChI is InChI=1S/C13H17F2NO3S/c1-16(7-9(17)8-19-2)12(18)10-5-3-4-6-11(10)20-13(14)15/h3-6,9,13,17H,7-8H2,1-2H3. The summed E-state index contributed by atoms with van der Waals surface area (Å²) in [4.78, 5) is 13.7. The number of hydrogen-bond acceptors (Lipinski definition) is 4. The highest BCUT2D eigenvalue weighted by Crippen LogP contribution is 2.28. The highest BCUT2D eigenvalue weighted by Gasteiger charge is 2.20. The number of benzene rings is 1. The third-order valence-electron chi connectivity index (χ3n) is 2.52. The van der Waals surface area contributed by atoms with Gasteiger partial charge in [-0.15, -0.1) is 0 Å². The molecular weight excluding hydrogens is 288 g/mol. The molecule has 7 heteroatoms. The van der Waals surface area contributed by atoms with Crippen molar-refractivity contribution in [3.63, 3.8) is 0 Å². The number of carbonyl (C=O) groups excluding carboxylic acids is 1. The van der Waals surface area contributed by atoms with E-state index in [9.17, 15) is 18.7 Å². The molecule has 0 bridgehead atoms. The van der Waals surface area contributed by atoms with Crippen molar-refractivity contribution < 1.29 is 23.4 Å². The van der Waals surface area contributed by atoms with Crippen molar-refractivity contribution in [1.29, 1.82) is 0 Å². The minimum absolute atomic E-state index is 0.0698. The Morgan fingerprint density at radius 3 is 2.70 bits per heavy atom. The van der Waals surface area contributed by atoms with Crippen molar-refractivity contribution in [2.24, 2.45) is 0 Å². The molecule has 1 amide bonds. The minimum atomic E-state index is -2.59. The van der Waals surface area contributed by atoms with E-state index in [-0.39, 0.29) is 23.6 Å². The van der Waals surface area contributed by atoms with Crippen LogP contribution in [0.5, 0.6) is 0 Å². The summed E-state index contributed by atoms with van der Waals surface area (Å²) in [6.07, 6.45) is -0.816. The molecule has 0 fully saturated rings. The molecule has 1 atom stereocenters. The summed E-state index contributed by atoms with van der Waals surface area (Å²) < 4.78 is 29.7. The number of amides is 1. The quantitative estimate of drug-likeness (QED) is 0.784. The number of nitrogens with zero attached hydrogens (tertiary/aromatic N) is 1. The number of ether oxygens (including phenoxy) is 1. The summed E-state index contributed by atoms with van der Waals surface area (Å²) in [5.41, 5.74) is 0.199. The molecule has 0 heterocycles. The third kappa shape index (κ3) is 5.07. The van der Waals surface area contributed by atoms with Crippen molar-refractivity contribution in [2.45, 2.75) is 16.8 Å². The van der Waals surface area contributed by atoms with Crippen LogP contribution in [-0.4, -0.2) is 55.1 Å². The number of thioether (sulfide) groups is 1. The summed E-state index contributed by atoms with van der Waals surface area (Å²) in [6.45, 7) is 0.172. The van der Waals surface area contributed by atoms with Gasteiger partial charge in [0.25, 0.3) is 11.7 Å². The summed E-state index contributed by atoms with van der Waals surface area (Å²) in [7, 11) is 2.95. The zero-order chi connectivity index (χ0) is 15.1. The molecule has 20 heavy (non-hydrogen) atoms. The first-order chi connectivity index (χ1) is 9.45. The van der Waals surface area contributed by atoms with Crippen LogP contribution in [0.3, 0.4) is 0 Å². The highest BCUT2D eigenvalue weighted by molar-refractivity contribution is 7.99. The average Bonchev–Trinajstić information content (AvgIpc) is 2.38. The lowest BCUT2D eigenvalue weighted by Gasteiger charge is -2.21. The van der Waals surface area contributed by atoms with Crippen LogP contribution in [0.25, 0.3) is 0 Å². The number of aliphatic hydroxyl groups is 1. The zero-order valence-electron chi connectivity index (χ0n) is 11.3. The normalized spacial score (nSPS) is 12.5. The first kappa shape index (κ1) is 16.9. The summed E-state index contributed by atoms with van der Waals surface area (Å²) in [6, 6.07) is 6.18. The zero-order valence-corrected chi connectivity index (χ0v) is 12.1. The number of alkyl halides is 2.